The van der Waals surface area contributed by atoms with Crippen LogP contribution in [-0.2, 0) is 13.1 Å². The molecule has 4 rings (SSSR count). The van der Waals surface area contributed by atoms with Crippen molar-refractivity contribution in [3.8, 4) is 0 Å². The van der Waals surface area contributed by atoms with Crippen molar-refractivity contribution in [2.75, 3.05) is 13.1 Å². The molecule has 3 aromatic rings. The highest BCUT2D eigenvalue weighted by Crippen LogP contribution is 2.22. The SMILES string of the molecule is Cc1[nH]c2ccc(CNC3CCN(Cc4cccnc4)CC3)cc2c1C. The summed E-state index contributed by atoms with van der Waals surface area (Å²) in [5.74, 6) is 0. The van der Waals surface area contributed by atoms with Crippen LogP contribution in [0, 0.1) is 13.8 Å². The zero-order chi connectivity index (χ0) is 17.9. The molecule has 0 bridgehead atoms. The second-order valence-corrected chi connectivity index (χ2v) is 7.55. The van der Waals surface area contributed by atoms with Crippen LogP contribution in [0.3, 0.4) is 0 Å². The highest BCUT2D eigenvalue weighted by atomic mass is 15.1. The molecule has 0 radical (unpaired) electrons. The first-order valence-electron chi connectivity index (χ1n) is 9.61. The molecule has 0 aliphatic carbocycles. The zero-order valence-corrected chi connectivity index (χ0v) is 15.8. The fourth-order valence-corrected chi connectivity index (χ4v) is 3.93. The molecule has 136 valence electrons. The minimum Gasteiger partial charge on any atom is -0.358 e. The van der Waals surface area contributed by atoms with Gasteiger partial charge in [-0.15, -0.1) is 0 Å². The van der Waals surface area contributed by atoms with Gasteiger partial charge in [0.2, 0.25) is 0 Å². The average molecular weight is 348 g/mol. The Balaban J connectivity index is 1.29. The fourth-order valence-electron chi connectivity index (χ4n) is 3.93. The van der Waals surface area contributed by atoms with Gasteiger partial charge < -0.3 is 10.3 Å². The van der Waals surface area contributed by atoms with Gasteiger partial charge in [-0.05, 0) is 74.7 Å². The standard InChI is InChI=1S/C22H28N4/c1-16-17(2)25-22-6-5-18(12-21(16)22)14-24-20-7-10-26(11-8-20)15-19-4-3-9-23-13-19/h3-6,9,12-13,20,24-25H,7-8,10-11,14-15H2,1-2H3. The van der Waals surface area contributed by atoms with E-state index >= 15 is 0 Å². The Morgan fingerprint density at radius 1 is 1.15 bits per heavy atom. The molecule has 1 fully saturated rings. The third-order valence-electron chi connectivity index (χ3n) is 5.68. The molecule has 0 saturated carbocycles. The lowest BCUT2D eigenvalue weighted by atomic mass is 10.0. The lowest BCUT2D eigenvalue weighted by molar-refractivity contribution is 0.190. The van der Waals surface area contributed by atoms with Gasteiger partial charge in [0.25, 0.3) is 0 Å². The largest absolute Gasteiger partial charge is 0.358 e. The van der Waals surface area contributed by atoms with Gasteiger partial charge in [0.05, 0.1) is 0 Å². The predicted octanol–water partition coefficient (Wildman–Crippen LogP) is 3.93. The molecule has 1 saturated heterocycles. The number of fused-ring (bicyclic) bond motifs is 1. The van der Waals surface area contributed by atoms with Crippen molar-refractivity contribution < 1.29 is 0 Å². The Hall–Kier alpha value is -2.17. The van der Waals surface area contributed by atoms with E-state index in [1.54, 1.807) is 0 Å². The van der Waals surface area contributed by atoms with Crippen molar-refractivity contribution in [3.05, 3.63) is 65.1 Å². The van der Waals surface area contributed by atoms with Crippen LogP contribution < -0.4 is 5.32 Å². The maximum absolute atomic E-state index is 4.22. The Morgan fingerprint density at radius 3 is 2.77 bits per heavy atom. The first-order chi connectivity index (χ1) is 12.7. The number of likely N-dealkylation sites (tertiary alicyclic amines) is 1. The monoisotopic (exact) mass is 348 g/mol. The van der Waals surface area contributed by atoms with Crippen LogP contribution in [0.2, 0.25) is 0 Å². The Morgan fingerprint density at radius 2 is 2.00 bits per heavy atom. The molecule has 4 heteroatoms. The average Bonchev–Trinajstić information content (AvgIpc) is 2.96. The van der Waals surface area contributed by atoms with Crippen LogP contribution in [0.5, 0.6) is 0 Å². The molecule has 2 N–H and O–H groups in total. The summed E-state index contributed by atoms with van der Waals surface area (Å²) in [7, 11) is 0. The molecule has 0 amide bonds. The number of aromatic nitrogens is 2. The van der Waals surface area contributed by atoms with E-state index in [1.807, 2.05) is 18.5 Å². The molecular weight excluding hydrogens is 320 g/mol. The molecule has 0 unspecified atom stereocenters. The van der Waals surface area contributed by atoms with Crippen LogP contribution >= 0.6 is 0 Å². The van der Waals surface area contributed by atoms with Gasteiger partial charge in [0, 0.05) is 48.1 Å². The van der Waals surface area contributed by atoms with E-state index in [-0.39, 0.29) is 0 Å². The molecule has 4 nitrogen and oxygen atoms in total. The second kappa shape index (κ2) is 7.60. The van der Waals surface area contributed by atoms with E-state index in [2.05, 4.69) is 58.3 Å². The fraction of sp³-hybridized carbons (Fsp3) is 0.409. The summed E-state index contributed by atoms with van der Waals surface area (Å²) in [5, 5.41) is 5.12. The molecule has 1 aliphatic rings. The van der Waals surface area contributed by atoms with Crippen LogP contribution in [0.1, 0.15) is 35.2 Å². The van der Waals surface area contributed by atoms with Gasteiger partial charge in [0.15, 0.2) is 0 Å². The Labute approximate surface area is 155 Å². The van der Waals surface area contributed by atoms with Crippen molar-refractivity contribution in [1.82, 2.24) is 20.2 Å². The number of benzene rings is 1. The topological polar surface area (TPSA) is 44.0 Å². The van der Waals surface area contributed by atoms with Gasteiger partial charge in [-0.3, -0.25) is 9.88 Å². The number of piperidine rings is 1. The van der Waals surface area contributed by atoms with Crippen LogP contribution in [0.25, 0.3) is 10.9 Å². The number of pyridine rings is 1. The Bertz CT molecular complexity index is 860. The molecule has 1 aromatic carbocycles. The van der Waals surface area contributed by atoms with E-state index in [1.165, 1.54) is 46.1 Å². The number of aromatic amines is 1. The number of rotatable bonds is 5. The lowest BCUT2D eigenvalue weighted by Crippen LogP contribution is -2.41. The molecule has 2 aromatic heterocycles. The quantitative estimate of drug-likeness (QED) is 0.734. The number of nitrogens with one attached hydrogen (secondary N) is 2. The summed E-state index contributed by atoms with van der Waals surface area (Å²) < 4.78 is 0. The van der Waals surface area contributed by atoms with E-state index in [0.717, 1.165) is 26.2 Å². The maximum atomic E-state index is 4.22. The molecular formula is C22H28N4. The van der Waals surface area contributed by atoms with Gasteiger partial charge in [0.1, 0.15) is 0 Å². The number of hydrogen-bond acceptors (Lipinski definition) is 3. The summed E-state index contributed by atoms with van der Waals surface area (Å²) in [6.07, 6.45) is 6.24. The van der Waals surface area contributed by atoms with Crippen LogP contribution in [0.15, 0.2) is 42.7 Å². The minimum absolute atomic E-state index is 0.616. The van der Waals surface area contributed by atoms with E-state index in [9.17, 15) is 0 Å². The van der Waals surface area contributed by atoms with Gasteiger partial charge >= 0.3 is 0 Å². The van der Waals surface area contributed by atoms with Gasteiger partial charge in [-0.1, -0.05) is 12.1 Å². The summed E-state index contributed by atoms with van der Waals surface area (Å²) >= 11 is 0. The predicted molar refractivity (Wildman–Crippen MR) is 107 cm³/mol. The maximum Gasteiger partial charge on any atom is 0.0458 e. The first kappa shape index (κ1) is 17.3. The highest BCUT2D eigenvalue weighted by molar-refractivity contribution is 5.84. The second-order valence-electron chi connectivity index (χ2n) is 7.55. The summed E-state index contributed by atoms with van der Waals surface area (Å²) in [4.78, 5) is 10.2. The molecule has 26 heavy (non-hydrogen) atoms. The molecule has 3 heterocycles. The summed E-state index contributed by atoms with van der Waals surface area (Å²) in [5.41, 5.74) is 6.56. The molecule has 1 aliphatic heterocycles. The third-order valence-corrected chi connectivity index (χ3v) is 5.68. The van der Waals surface area contributed by atoms with Crippen molar-refractivity contribution in [3.63, 3.8) is 0 Å². The number of aryl methyl sites for hydroxylation is 2. The van der Waals surface area contributed by atoms with E-state index in [0.29, 0.717) is 6.04 Å². The normalized spacial score (nSPS) is 16.4. The lowest BCUT2D eigenvalue weighted by Gasteiger charge is -2.32. The third kappa shape index (κ3) is 3.81. The van der Waals surface area contributed by atoms with Crippen molar-refractivity contribution in [2.24, 2.45) is 0 Å². The van der Waals surface area contributed by atoms with Crippen LogP contribution in [-0.4, -0.2) is 34.0 Å². The molecule has 0 atom stereocenters. The first-order valence-corrected chi connectivity index (χ1v) is 9.61. The zero-order valence-electron chi connectivity index (χ0n) is 15.8. The van der Waals surface area contributed by atoms with Crippen molar-refractivity contribution in [2.45, 2.75) is 45.8 Å². The van der Waals surface area contributed by atoms with Crippen molar-refractivity contribution >= 4 is 10.9 Å². The number of H-pyrrole nitrogens is 1. The highest BCUT2D eigenvalue weighted by Gasteiger charge is 2.19. The van der Waals surface area contributed by atoms with E-state index < -0.39 is 0 Å². The molecule has 0 spiro atoms. The number of nitrogens with zero attached hydrogens (tertiary/aromatic N) is 2. The van der Waals surface area contributed by atoms with Crippen LogP contribution in [0.4, 0.5) is 0 Å². The number of hydrogen-bond donors (Lipinski definition) is 2. The minimum atomic E-state index is 0.616. The summed E-state index contributed by atoms with van der Waals surface area (Å²) in [6.45, 7) is 8.62. The van der Waals surface area contributed by atoms with Crippen molar-refractivity contribution in [1.29, 1.82) is 0 Å². The Kier molecular flexibility index (Phi) is 5.05. The van der Waals surface area contributed by atoms with Gasteiger partial charge in [-0.2, -0.15) is 0 Å². The van der Waals surface area contributed by atoms with Gasteiger partial charge in [-0.25, -0.2) is 0 Å². The smallest absolute Gasteiger partial charge is 0.0458 e. The summed E-state index contributed by atoms with van der Waals surface area (Å²) in [6, 6.07) is 11.6. The van der Waals surface area contributed by atoms with E-state index in [4.69, 9.17) is 0 Å².